The molecule has 2 aromatic rings. The number of likely N-dealkylation sites (tertiary alicyclic amines) is 1. The standard InChI is InChI=1S/C24H32N4O.HI/c1-2-25-24(26-16-20-12-7-11-18-8-5-6-13-22(18)20)27-21-14-15-28(17-21)23(29)19-9-3-4-10-19;/h5-8,11-13,19,21H,2-4,9-10,14-17H2,1H3,(H2,25,26,27);1H. The fourth-order valence-electron chi connectivity index (χ4n) is 4.62. The van der Waals surface area contributed by atoms with Crippen LogP contribution in [0.15, 0.2) is 47.5 Å². The first-order valence-electron chi connectivity index (χ1n) is 11.0. The van der Waals surface area contributed by atoms with Gasteiger partial charge in [-0.15, -0.1) is 24.0 Å². The quantitative estimate of drug-likeness (QED) is 0.351. The van der Waals surface area contributed by atoms with Crippen molar-refractivity contribution in [3.8, 4) is 0 Å². The maximum Gasteiger partial charge on any atom is 0.225 e. The van der Waals surface area contributed by atoms with Crippen LogP contribution >= 0.6 is 24.0 Å². The van der Waals surface area contributed by atoms with Crippen molar-refractivity contribution < 1.29 is 4.79 Å². The van der Waals surface area contributed by atoms with Gasteiger partial charge in [0.15, 0.2) is 5.96 Å². The molecule has 1 aliphatic carbocycles. The molecule has 0 bridgehead atoms. The maximum atomic E-state index is 12.7. The molecule has 1 unspecified atom stereocenters. The van der Waals surface area contributed by atoms with Gasteiger partial charge in [-0.1, -0.05) is 55.3 Å². The van der Waals surface area contributed by atoms with Gasteiger partial charge in [-0.05, 0) is 42.5 Å². The van der Waals surface area contributed by atoms with Crippen LogP contribution in [0.25, 0.3) is 10.8 Å². The molecule has 5 nitrogen and oxygen atoms in total. The maximum absolute atomic E-state index is 12.7. The van der Waals surface area contributed by atoms with Crippen molar-refractivity contribution in [2.75, 3.05) is 19.6 Å². The van der Waals surface area contributed by atoms with Crippen LogP contribution in [0.4, 0.5) is 0 Å². The third-order valence-electron chi connectivity index (χ3n) is 6.18. The second-order valence-electron chi connectivity index (χ2n) is 8.23. The average molecular weight is 520 g/mol. The molecule has 2 aliphatic rings. The number of halogens is 1. The molecule has 1 aliphatic heterocycles. The van der Waals surface area contributed by atoms with E-state index in [0.717, 1.165) is 44.9 Å². The second-order valence-corrected chi connectivity index (χ2v) is 8.23. The summed E-state index contributed by atoms with van der Waals surface area (Å²) in [5, 5.41) is 9.42. The summed E-state index contributed by atoms with van der Waals surface area (Å²) in [7, 11) is 0. The normalized spacial score (nSPS) is 19.7. The average Bonchev–Trinajstić information content (AvgIpc) is 3.44. The first-order valence-corrected chi connectivity index (χ1v) is 11.0. The number of rotatable bonds is 5. The zero-order valence-electron chi connectivity index (χ0n) is 17.8. The summed E-state index contributed by atoms with van der Waals surface area (Å²) in [5.74, 6) is 1.46. The van der Waals surface area contributed by atoms with Gasteiger partial charge in [-0.2, -0.15) is 0 Å². The molecule has 0 radical (unpaired) electrons. The molecular weight excluding hydrogens is 487 g/mol. The number of guanidine groups is 1. The minimum atomic E-state index is 0. The number of carbonyl (C=O) groups is 1. The Morgan fingerprint density at radius 3 is 2.67 bits per heavy atom. The molecule has 1 saturated heterocycles. The van der Waals surface area contributed by atoms with E-state index in [1.807, 2.05) is 0 Å². The van der Waals surface area contributed by atoms with E-state index in [1.165, 1.54) is 29.2 Å². The van der Waals surface area contributed by atoms with Crippen molar-refractivity contribution in [3.05, 3.63) is 48.0 Å². The van der Waals surface area contributed by atoms with Crippen LogP contribution in [0.3, 0.4) is 0 Å². The van der Waals surface area contributed by atoms with Crippen LogP contribution in [0, 0.1) is 5.92 Å². The predicted molar refractivity (Wildman–Crippen MR) is 134 cm³/mol. The molecule has 4 rings (SSSR count). The van der Waals surface area contributed by atoms with E-state index in [9.17, 15) is 4.79 Å². The molecule has 2 N–H and O–H groups in total. The minimum absolute atomic E-state index is 0. The van der Waals surface area contributed by atoms with Crippen LogP contribution in [-0.4, -0.2) is 42.4 Å². The van der Waals surface area contributed by atoms with Crippen molar-refractivity contribution in [2.24, 2.45) is 10.9 Å². The number of nitrogens with zero attached hydrogens (tertiary/aromatic N) is 2. The van der Waals surface area contributed by atoms with Gasteiger partial charge in [0.05, 0.1) is 6.54 Å². The molecule has 0 spiro atoms. The van der Waals surface area contributed by atoms with Gasteiger partial charge in [0, 0.05) is 31.6 Å². The number of hydrogen-bond acceptors (Lipinski definition) is 2. The summed E-state index contributed by atoms with van der Waals surface area (Å²) < 4.78 is 0. The Hall–Kier alpha value is -1.83. The van der Waals surface area contributed by atoms with Crippen molar-refractivity contribution in [2.45, 2.75) is 51.6 Å². The summed E-state index contributed by atoms with van der Waals surface area (Å²) in [6, 6.07) is 15.1. The number of nitrogens with one attached hydrogen (secondary N) is 2. The lowest BCUT2D eigenvalue weighted by Crippen LogP contribution is -2.45. The van der Waals surface area contributed by atoms with Crippen molar-refractivity contribution in [1.29, 1.82) is 0 Å². The lowest BCUT2D eigenvalue weighted by molar-refractivity contribution is -0.134. The van der Waals surface area contributed by atoms with E-state index < -0.39 is 0 Å². The van der Waals surface area contributed by atoms with Gasteiger partial charge < -0.3 is 15.5 Å². The van der Waals surface area contributed by atoms with Gasteiger partial charge in [-0.25, -0.2) is 4.99 Å². The number of fused-ring (bicyclic) bond motifs is 1. The Morgan fingerprint density at radius 2 is 1.87 bits per heavy atom. The zero-order chi connectivity index (χ0) is 20.1. The zero-order valence-corrected chi connectivity index (χ0v) is 20.1. The smallest absolute Gasteiger partial charge is 0.225 e. The molecule has 2 aromatic carbocycles. The number of carbonyl (C=O) groups excluding carboxylic acids is 1. The highest BCUT2D eigenvalue weighted by Crippen LogP contribution is 2.28. The van der Waals surface area contributed by atoms with Crippen molar-refractivity contribution in [3.63, 3.8) is 0 Å². The third-order valence-corrected chi connectivity index (χ3v) is 6.18. The topological polar surface area (TPSA) is 56.7 Å². The Bertz CT molecular complexity index is 873. The van der Waals surface area contributed by atoms with Crippen LogP contribution in [0.2, 0.25) is 0 Å². The summed E-state index contributed by atoms with van der Waals surface area (Å²) in [5.41, 5.74) is 1.23. The third kappa shape index (κ3) is 5.45. The van der Waals surface area contributed by atoms with Gasteiger partial charge >= 0.3 is 0 Å². The minimum Gasteiger partial charge on any atom is -0.357 e. The largest absolute Gasteiger partial charge is 0.357 e. The van der Waals surface area contributed by atoms with E-state index in [0.29, 0.717) is 12.5 Å². The van der Waals surface area contributed by atoms with E-state index in [-0.39, 0.29) is 35.9 Å². The fraction of sp³-hybridized carbons (Fsp3) is 0.500. The molecule has 6 heteroatoms. The van der Waals surface area contributed by atoms with Gasteiger partial charge in [-0.3, -0.25) is 4.79 Å². The summed E-state index contributed by atoms with van der Waals surface area (Å²) in [6.07, 6.45) is 5.54. The van der Waals surface area contributed by atoms with E-state index in [4.69, 9.17) is 4.99 Å². The van der Waals surface area contributed by atoms with Gasteiger partial charge in [0.25, 0.3) is 0 Å². The summed E-state index contributed by atoms with van der Waals surface area (Å²) in [4.78, 5) is 19.6. The first-order chi connectivity index (χ1) is 14.2. The number of benzene rings is 2. The van der Waals surface area contributed by atoms with Crippen molar-refractivity contribution >= 4 is 46.6 Å². The highest BCUT2D eigenvalue weighted by Gasteiger charge is 2.32. The Morgan fingerprint density at radius 1 is 1.10 bits per heavy atom. The molecule has 1 atom stereocenters. The Labute approximate surface area is 196 Å². The lowest BCUT2D eigenvalue weighted by atomic mass is 10.1. The van der Waals surface area contributed by atoms with E-state index in [1.54, 1.807) is 0 Å². The molecule has 1 amide bonds. The lowest BCUT2D eigenvalue weighted by Gasteiger charge is -2.21. The Balaban J connectivity index is 0.00000256. The van der Waals surface area contributed by atoms with E-state index >= 15 is 0 Å². The number of aliphatic imine (C=N–C) groups is 1. The van der Waals surface area contributed by atoms with Gasteiger partial charge in [0.1, 0.15) is 0 Å². The molecule has 1 saturated carbocycles. The molecule has 30 heavy (non-hydrogen) atoms. The Kier molecular flexibility index (Phi) is 8.36. The predicted octanol–water partition coefficient (Wildman–Crippen LogP) is 4.30. The number of hydrogen-bond donors (Lipinski definition) is 2. The monoisotopic (exact) mass is 520 g/mol. The van der Waals surface area contributed by atoms with Gasteiger partial charge in [0.2, 0.25) is 5.91 Å². The van der Waals surface area contributed by atoms with Crippen LogP contribution in [-0.2, 0) is 11.3 Å². The first kappa shape index (κ1) is 22.8. The molecule has 1 heterocycles. The number of amides is 1. The second kappa shape index (κ2) is 11.0. The molecular formula is C24H33IN4O. The SMILES string of the molecule is CCNC(=NCc1cccc2ccccc12)NC1CCN(C(=O)C2CCCC2)C1.I. The highest BCUT2D eigenvalue weighted by atomic mass is 127. The van der Waals surface area contributed by atoms with Crippen molar-refractivity contribution in [1.82, 2.24) is 15.5 Å². The molecule has 0 aromatic heterocycles. The summed E-state index contributed by atoms with van der Waals surface area (Å²) >= 11 is 0. The fourth-order valence-corrected chi connectivity index (χ4v) is 4.62. The summed E-state index contributed by atoms with van der Waals surface area (Å²) in [6.45, 7) is 5.18. The highest BCUT2D eigenvalue weighted by molar-refractivity contribution is 14.0. The van der Waals surface area contributed by atoms with Crippen LogP contribution in [0.1, 0.15) is 44.6 Å². The van der Waals surface area contributed by atoms with E-state index in [2.05, 4.69) is 64.9 Å². The molecule has 162 valence electrons. The van der Waals surface area contributed by atoms with Crippen LogP contribution < -0.4 is 10.6 Å². The van der Waals surface area contributed by atoms with Crippen LogP contribution in [0.5, 0.6) is 0 Å². The molecule has 2 fully saturated rings.